The highest BCUT2D eigenvalue weighted by Gasteiger charge is 2.37. The summed E-state index contributed by atoms with van der Waals surface area (Å²) in [5.74, 6) is -0.959. The average molecular weight is 394 g/mol. The summed E-state index contributed by atoms with van der Waals surface area (Å²) in [6.45, 7) is 0.543. The van der Waals surface area contributed by atoms with Crippen molar-refractivity contribution in [1.82, 2.24) is 20.0 Å². The van der Waals surface area contributed by atoms with Gasteiger partial charge in [0.05, 0.1) is 5.92 Å². The predicted octanol–water partition coefficient (Wildman–Crippen LogP) is 2.61. The van der Waals surface area contributed by atoms with Gasteiger partial charge >= 0.3 is 6.18 Å². The van der Waals surface area contributed by atoms with Crippen LogP contribution in [0.25, 0.3) is 0 Å². The second kappa shape index (κ2) is 8.04. The highest BCUT2D eigenvalue weighted by atomic mass is 19.4. The lowest BCUT2D eigenvalue weighted by Gasteiger charge is -2.32. The summed E-state index contributed by atoms with van der Waals surface area (Å²) >= 11 is 0. The summed E-state index contributed by atoms with van der Waals surface area (Å²) in [5, 5.41) is 5.99. The van der Waals surface area contributed by atoms with Gasteiger partial charge in [0.25, 0.3) is 5.91 Å². The minimum Gasteiger partial charge on any atom is -0.352 e. The smallest absolute Gasteiger partial charge is 0.352 e. The van der Waals surface area contributed by atoms with E-state index in [1.807, 2.05) is 6.07 Å². The van der Waals surface area contributed by atoms with Crippen molar-refractivity contribution in [3.05, 3.63) is 53.3 Å². The second-order valence-corrected chi connectivity index (χ2v) is 6.85. The van der Waals surface area contributed by atoms with Gasteiger partial charge in [-0.25, -0.2) is 0 Å². The van der Waals surface area contributed by atoms with Crippen molar-refractivity contribution >= 4 is 11.8 Å². The van der Waals surface area contributed by atoms with E-state index in [4.69, 9.17) is 0 Å². The lowest BCUT2D eigenvalue weighted by Crippen LogP contribution is -2.45. The topological polar surface area (TPSA) is 67.2 Å². The third-order valence-electron chi connectivity index (χ3n) is 4.73. The van der Waals surface area contributed by atoms with E-state index in [1.54, 1.807) is 29.2 Å². The van der Waals surface area contributed by atoms with Crippen LogP contribution in [0.5, 0.6) is 0 Å². The molecule has 28 heavy (non-hydrogen) atoms. The lowest BCUT2D eigenvalue weighted by molar-refractivity contribution is -0.142. The Balaban J connectivity index is 1.61. The number of hydrogen-bond acceptors (Lipinski definition) is 3. The van der Waals surface area contributed by atoms with Crippen molar-refractivity contribution in [1.29, 1.82) is 0 Å². The first-order chi connectivity index (χ1) is 13.3. The molecule has 3 rings (SSSR count). The monoisotopic (exact) mass is 394 g/mol. The molecule has 1 aromatic carbocycles. The van der Waals surface area contributed by atoms with Gasteiger partial charge in [-0.2, -0.15) is 18.3 Å². The van der Waals surface area contributed by atoms with Crippen molar-refractivity contribution < 1.29 is 22.8 Å². The molecule has 0 radical (unpaired) electrons. The maximum absolute atomic E-state index is 13.0. The van der Waals surface area contributed by atoms with Crippen LogP contribution in [-0.2, 0) is 24.6 Å². The molecule has 2 amide bonds. The van der Waals surface area contributed by atoms with E-state index in [1.165, 1.54) is 13.2 Å². The number of likely N-dealkylation sites (tertiary alicyclic amines) is 1. The Morgan fingerprint density at radius 2 is 1.96 bits per heavy atom. The number of amides is 2. The third-order valence-corrected chi connectivity index (χ3v) is 4.73. The molecule has 1 unspecified atom stereocenters. The molecule has 1 aliphatic heterocycles. The zero-order valence-electron chi connectivity index (χ0n) is 15.4. The Morgan fingerprint density at radius 3 is 2.64 bits per heavy atom. The van der Waals surface area contributed by atoms with Crippen molar-refractivity contribution in [2.24, 2.45) is 13.0 Å². The van der Waals surface area contributed by atoms with Crippen LogP contribution in [-0.4, -0.2) is 39.6 Å². The van der Waals surface area contributed by atoms with Crippen LogP contribution in [0.2, 0.25) is 0 Å². The molecule has 0 spiro atoms. The molecule has 2 aromatic rings. The van der Waals surface area contributed by atoms with Crippen molar-refractivity contribution in [3.63, 3.8) is 0 Å². The van der Waals surface area contributed by atoms with Gasteiger partial charge in [-0.3, -0.25) is 14.3 Å². The van der Waals surface area contributed by atoms with E-state index in [0.717, 1.165) is 4.68 Å². The van der Waals surface area contributed by atoms with E-state index in [0.29, 0.717) is 24.9 Å². The number of aryl methyl sites for hydroxylation is 1. The zero-order valence-corrected chi connectivity index (χ0v) is 15.4. The first kappa shape index (κ1) is 19.9. The summed E-state index contributed by atoms with van der Waals surface area (Å²) in [6, 6.07) is 8.79. The van der Waals surface area contributed by atoms with Crippen molar-refractivity contribution in [2.45, 2.75) is 25.6 Å². The molecule has 1 atom stereocenters. The van der Waals surface area contributed by atoms with Crippen LogP contribution in [0, 0.1) is 5.92 Å². The molecule has 1 N–H and O–H groups in total. The fraction of sp³-hybridized carbons (Fsp3) is 0.421. The number of carbonyl (C=O) groups is 2. The SMILES string of the molecule is Cn1cc(CNC(=O)C2CCCN(C(=O)c3ccccc3)C2)c(C(F)(F)F)n1. The Morgan fingerprint density at radius 1 is 1.25 bits per heavy atom. The fourth-order valence-corrected chi connectivity index (χ4v) is 3.37. The van der Waals surface area contributed by atoms with Crippen molar-refractivity contribution in [2.75, 3.05) is 13.1 Å². The third kappa shape index (κ3) is 4.52. The van der Waals surface area contributed by atoms with Gasteiger partial charge in [-0.05, 0) is 25.0 Å². The minimum atomic E-state index is -4.58. The first-order valence-electron chi connectivity index (χ1n) is 8.97. The molecule has 1 aromatic heterocycles. The first-order valence-corrected chi connectivity index (χ1v) is 8.97. The van der Waals surface area contributed by atoms with Crippen molar-refractivity contribution in [3.8, 4) is 0 Å². The molecular formula is C19H21F3N4O2. The Hall–Kier alpha value is -2.84. The predicted molar refractivity (Wildman–Crippen MR) is 95.1 cm³/mol. The Kier molecular flexibility index (Phi) is 5.71. The minimum absolute atomic E-state index is 0.0867. The number of piperidine rings is 1. The molecule has 1 fully saturated rings. The van der Waals surface area contributed by atoms with Crippen LogP contribution >= 0.6 is 0 Å². The number of carbonyl (C=O) groups excluding carboxylic acids is 2. The summed E-state index contributed by atoms with van der Waals surface area (Å²) in [7, 11) is 1.40. The molecular weight excluding hydrogens is 373 g/mol. The summed E-state index contributed by atoms with van der Waals surface area (Å²) in [4.78, 5) is 26.7. The molecule has 0 saturated carbocycles. The van der Waals surface area contributed by atoms with Crippen LogP contribution in [0.3, 0.4) is 0 Å². The Bertz CT molecular complexity index is 849. The number of halogens is 3. The van der Waals surface area contributed by atoms with E-state index in [9.17, 15) is 22.8 Å². The molecule has 1 aliphatic rings. The van der Waals surface area contributed by atoms with Crippen LogP contribution < -0.4 is 5.32 Å². The van der Waals surface area contributed by atoms with Gasteiger partial charge < -0.3 is 10.2 Å². The number of nitrogens with one attached hydrogen (secondary N) is 1. The summed E-state index contributed by atoms with van der Waals surface area (Å²) in [6.07, 6.45) is -2.08. The van der Waals surface area contributed by atoms with Gasteiger partial charge in [-0.15, -0.1) is 0 Å². The number of rotatable bonds is 4. The molecule has 0 aliphatic carbocycles. The van der Waals surface area contributed by atoms with E-state index < -0.39 is 17.8 Å². The molecule has 9 heteroatoms. The highest BCUT2D eigenvalue weighted by molar-refractivity contribution is 5.94. The largest absolute Gasteiger partial charge is 0.435 e. The second-order valence-electron chi connectivity index (χ2n) is 6.85. The number of nitrogens with zero attached hydrogens (tertiary/aromatic N) is 3. The number of alkyl halides is 3. The van der Waals surface area contributed by atoms with E-state index >= 15 is 0 Å². The average Bonchev–Trinajstić information content (AvgIpc) is 3.07. The van der Waals surface area contributed by atoms with Gasteiger partial charge in [-0.1, -0.05) is 18.2 Å². The van der Waals surface area contributed by atoms with E-state index in [-0.39, 0.29) is 30.5 Å². The maximum atomic E-state index is 13.0. The van der Waals surface area contributed by atoms with Gasteiger partial charge in [0.15, 0.2) is 5.69 Å². The van der Waals surface area contributed by atoms with Gasteiger partial charge in [0, 0.05) is 44.0 Å². The van der Waals surface area contributed by atoms with Crippen LogP contribution in [0.4, 0.5) is 13.2 Å². The normalized spacial score (nSPS) is 17.4. The summed E-state index contributed by atoms with van der Waals surface area (Å²) < 4.78 is 40.1. The maximum Gasteiger partial charge on any atom is 0.435 e. The quantitative estimate of drug-likeness (QED) is 0.867. The van der Waals surface area contributed by atoms with E-state index in [2.05, 4.69) is 10.4 Å². The fourth-order valence-electron chi connectivity index (χ4n) is 3.37. The standard InChI is InChI=1S/C19H21F3N4O2/c1-25-11-15(16(24-25)19(20,21)22)10-23-17(27)14-8-5-9-26(12-14)18(28)13-6-3-2-4-7-13/h2-4,6-7,11,14H,5,8-10,12H2,1H3,(H,23,27). The highest BCUT2D eigenvalue weighted by Crippen LogP contribution is 2.30. The lowest BCUT2D eigenvalue weighted by atomic mass is 9.96. The Labute approximate surface area is 160 Å². The van der Waals surface area contributed by atoms with Gasteiger partial charge in [0.2, 0.25) is 5.91 Å². The summed E-state index contributed by atoms with van der Waals surface area (Å²) in [5.41, 5.74) is -0.537. The van der Waals surface area contributed by atoms with Crippen LogP contribution in [0.15, 0.2) is 36.5 Å². The number of benzene rings is 1. The van der Waals surface area contributed by atoms with Crippen LogP contribution in [0.1, 0.15) is 34.5 Å². The molecule has 0 bridgehead atoms. The molecule has 6 nitrogen and oxygen atoms in total. The molecule has 150 valence electrons. The molecule has 2 heterocycles. The molecule has 1 saturated heterocycles. The number of aromatic nitrogens is 2. The van der Waals surface area contributed by atoms with Gasteiger partial charge in [0.1, 0.15) is 0 Å². The zero-order chi connectivity index (χ0) is 20.3. The number of hydrogen-bond donors (Lipinski definition) is 1.